The third-order valence-corrected chi connectivity index (χ3v) is 2.79. The molecule has 1 aromatic carbocycles. The van der Waals surface area contributed by atoms with Crippen LogP contribution in [0.3, 0.4) is 0 Å². The number of hydrogen-bond acceptors (Lipinski definition) is 2. The molecule has 1 rings (SSSR count). The summed E-state index contributed by atoms with van der Waals surface area (Å²) in [6.07, 6.45) is 3.45. The molecule has 0 aliphatic carbocycles. The van der Waals surface area contributed by atoms with Crippen molar-refractivity contribution in [1.29, 1.82) is 0 Å². The number of carbonyl (C=O) groups excluding carboxylic acids is 1. The zero-order valence-electron chi connectivity index (χ0n) is 10.5. The zero-order chi connectivity index (χ0) is 12.5. The predicted molar refractivity (Wildman–Crippen MR) is 70.6 cm³/mol. The molecular formula is C14H22N2O. The Labute approximate surface area is 103 Å². The summed E-state index contributed by atoms with van der Waals surface area (Å²) in [7, 11) is 0. The summed E-state index contributed by atoms with van der Waals surface area (Å²) in [6.45, 7) is 3.98. The van der Waals surface area contributed by atoms with Crippen molar-refractivity contribution in [2.45, 2.75) is 39.2 Å². The minimum absolute atomic E-state index is 0.208. The number of unbranched alkanes of at least 4 members (excludes halogenated alkanes) is 1. The van der Waals surface area contributed by atoms with Crippen LogP contribution in [0.15, 0.2) is 24.3 Å². The molecule has 17 heavy (non-hydrogen) atoms. The first-order valence-electron chi connectivity index (χ1n) is 6.29. The minimum atomic E-state index is -0.208. The second-order valence-corrected chi connectivity index (χ2v) is 4.27. The van der Waals surface area contributed by atoms with E-state index in [0.29, 0.717) is 6.42 Å². The van der Waals surface area contributed by atoms with Gasteiger partial charge in [-0.1, -0.05) is 31.2 Å². The maximum Gasteiger partial charge on any atom is 0.217 e. The van der Waals surface area contributed by atoms with E-state index in [1.807, 2.05) is 0 Å². The van der Waals surface area contributed by atoms with Crippen molar-refractivity contribution in [3.05, 3.63) is 35.4 Å². The highest BCUT2D eigenvalue weighted by atomic mass is 16.1. The molecular weight excluding hydrogens is 212 g/mol. The van der Waals surface area contributed by atoms with Crippen LogP contribution < -0.4 is 11.1 Å². The number of hydrogen-bond donors (Lipinski definition) is 2. The van der Waals surface area contributed by atoms with E-state index in [1.165, 1.54) is 11.1 Å². The standard InChI is InChI=1S/C14H22N2O/c1-2-12-6-8-13(9-7-12)11-16-10-4-3-5-14(15)17/h6-9,16H,2-5,10-11H2,1H3,(H2,15,17). The Morgan fingerprint density at radius 1 is 1.18 bits per heavy atom. The Morgan fingerprint density at radius 2 is 1.82 bits per heavy atom. The van der Waals surface area contributed by atoms with E-state index in [1.54, 1.807) is 0 Å². The van der Waals surface area contributed by atoms with Crippen LogP contribution in [0.2, 0.25) is 0 Å². The Kier molecular flexibility index (Phi) is 6.33. The molecule has 0 radical (unpaired) electrons. The molecule has 0 fully saturated rings. The van der Waals surface area contributed by atoms with E-state index in [-0.39, 0.29) is 5.91 Å². The van der Waals surface area contributed by atoms with Crippen molar-refractivity contribution in [2.24, 2.45) is 5.73 Å². The Morgan fingerprint density at radius 3 is 2.41 bits per heavy atom. The van der Waals surface area contributed by atoms with Crippen LogP contribution in [0, 0.1) is 0 Å². The van der Waals surface area contributed by atoms with Crippen molar-refractivity contribution in [3.8, 4) is 0 Å². The van der Waals surface area contributed by atoms with E-state index in [4.69, 9.17) is 5.73 Å². The maximum absolute atomic E-state index is 10.5. The van der Waals surface area contributed by atoms with Gasteiger partial charge in [0.05, 0.1) is 0 Å². The number of amides is 1. The molecule has 94 valence electrons. The van der Waals surface area contributed by atoms with Gasteiger partial charge < -0.3 is 11.1 Å². The Bertz CT molecular complexity index is 333. The minimum Gasteiger partial charge on any atom is -0.370 e. The molecule has 0 aromatic heterocycles. The second-order valence-electron chi connectivity index (χ2n) is 4.27. The zero-order valence-corrected chi connectivity index (χ0v) is 10.5. The molecule has 0 aliphatic rings. The third-order valence-electron chi connectivity index (χ3n) is 2.79. The average molecular weight is 234 g/mol. The fourth-order valence-electron chi connectivity index (χ4n) is 1.67. The highest BCUT2D eigenvalue weighted by molar-refractivity contribution is 5.73. The number of primary amides is 1. The van der Waals surface area contributed by atoms with Gasteiger partial charge in [-0.3, -0.25) is 4.79 Å². The van der Waals surface area contributed by atoms with Crippen LogP contribution in [0.5, 0.6) is 0 Å². The lowest BCUT2D eigenvalue weighted by Gasteiger charge is -2.05. The lowest BCUT2D eigenvalue weighted by molar-refractivity contribution is -0.118. The quantitative estimate of drug-likeness (QED) is 0.676. The van der Waals surface area contributed by atoms with Gasteiger partial charge in [0.15, 0.2) is 0 Å². The first-order chi connectivity index (χ1) is 8.22. The van der Waals surface area contributed by atoms with Crippen LogP contribution in [-0.4, -0.2) is 12.5 Å². The highest BCUT2D eigenvalue weighted by Gasteiger charge is 1.95. The van der Waals surface area contributed by atoms with Crippen LogP contribution in [0.25, 0.3) is 0 Å². The highest BCUT2D eigenvalue weighted by Crippen LogP contribution is 2.04. The molecule has 0 bridgehead atoms. The van der Waals surface area contributed by atoms with Crippen molar-refractivity contribution in [1.82, 2.24) is 5.32 Å². The van der Waals surface area contributed by atoms with E-state index < -0.39 is 0 Å². The van der Waals surface area contributed by atoms with Gasteiger partial charge in [-0.05, 0) is 36.9 Å². The summed E-state index contributed by atoms with van der Waals surface area (Å²) in [5.74, 6) is -0.208. The first kappa shape index (κ1) is 13.7. The fraction of sp³-hybridized carbons (Fsp3) is 0.500. The van der Waals surface area contributed by atoms with Gasteiger partial charge >= 0.3 is 0 Å². The number of carbonyl (C=O) groups is 1. The SMILES string of the molecule is CCc1ccc(CNCCCCC(N)=O)cc1. The van der Waals surface area contributed by atoms with Gasteiger partial charge in [-0.15, -0.1) is 0 Å². The number of nitrogens with two attached hydrogens (primary N) is 1. The van der Waals surface area contributed by atoms with Crippen LogP contribution >= 0.6 is 0 Å². The molecule has 1 amide bonds. The van der Waals surface area contributed by atoms with E-state index in [0.717, 1.165) is 32.4 Å². The molecule has 3 nitrogen and oxygen atoms in total. The average Bonchev–Trinajstić information content (AvgIpc) is 2.34. The number of aryl methyl sites for hydroxylation is 1. The van der Waals surface area contributed by atoms with Crippen molar-refractivity contribution < 1.29 is 4.79 Å². The monoisotopic (exact) mass is 234 g/mol. The summed E-state index contributed by atoms with van der Waals surface area (Å²) in [4.78, 5) is 10.5. The second kappa shape index (κ2) is 7.85. The number of rotatable bonds is 8. The summed E-state index contributed by atoms with van der Waals surface area (Å²) in [5.41, 5.74) is 7.74. The van der Waals surface area contributed by atoms with Gasteiger partial charge in [0, 0.05) is 13.0 Å². The topological polar surface area (TPSA) is 55.1 Å². The summed E-state index contributed by atoms with van der Waals surface area (Å²) < 4.78 is 0. The molecule has 0 aliphatic heterocycles. The molecule has 0 unspecified atom stereocenters. The van der Waals surface area contributed by atoms with E-state index >= 15 is 0 Å². The number of nitrogens with one attached hydrogen (secondary N) is 1. The Hall–Kier alpha value is -1.35. The molecule has 3 N–H and O–H groups in total. The lowest BCUT2D eigenvalue weighted by atomic mass is 10.1. The summed E-state index contributed by atoms with van der Waals surface area (Å²) in [5, 5.41) is 3.36. The molecule has 0 heterocycles. The normalized spacial score (nSPS) is 10.4. The van der Waals surface area contributed by atoms with Crippen molar-refractivity contribution in [3.63, 3.8) is 0 Å². The van der Waals surface area contributed by atoms with E-state index in [9.17, 15) is 4.79 Å². The van der Waals surface area contributed by atoms with Gasteiger partial charge in [-0.2, -0.15) is 0 Å². The molecule has 0 saturated carbocycles. The van der Waals surface area contributed by atoms with Gasteiger partial charge in [-0.25, -0.2) is 0 Å². The van der Waals surface area contributed by atoms with Crippen molar-refractivity contribution in [2.75, 3.05) is 6.54 Å². The van der Waals surface area contributed by atoms with Crippen LogP contribution in [0.4, 0.5) is 0 Å². The third kappa shape index (κ3) is 6.07. The van der Waals surface area contributed by atoms with Crippen LogP contribution in [0.1, 0.15) is 37.3 Å². The summed E-state index contributed by atoms with van der Waals surface area (Å²) in [6, 6.07) is 8.67. The Balaban J connectivity index is 2.11. The largest absolute Gasteiger partial charge is 0.370 e. The molecule has 1 aromatic rings. The summed E-state index contributed by atoms with van der Waals surface area (Å²) >= 11 is 0. The smallest absolute Gasteiger partial charge is 0.217 e. The molecule has 0 atom stereocenters. The first-order valence-corrected chi connectivity index (χ1v) is 6.29. The van der Waals surface area contributed by atoms with Crippen molar-refractivity contribution >= 4 is 5.91 Å². The molecule has 3 heteroatoms. The lowest BCUT2D eigenvalue weighted by Crippen LogP contribution is -2.16. The van der Waals surface area contributed by atoms with Gasteiger partial charge in [0.2, 0.25) is 5.91 Å². The fourth-order valence-corrected chi connectivity index (χ4v) is 1.67. The van der Waals surface area contributed by atoms with Gasteiger partial charge in [0.1, 0.15) is 0 Å². The molecule has 0 spiro atoms. The molecule has 0 saturated heterocycles. The number of benzene rings is 1. The van der Waals surface area contributed by atoms with Gasteiger partial charge in [0.25, 0.3) is 0 Å². The van der Waals surface area contributed by atoms with Crippen LogP contribution in [-0.2, 0) is 17.8 Å². The van der Waals surface area contributed by atoms with E-state index in [2.05, 4.69) is 36.5 Å². The maximum atomic E-state index is 10.5. The predicted octanol–water partition coefficient (Wildman–Crippen LogP) is 1.99.